The minimum Gasteiger partial charge on any atom is -0.490 e. The fourth-order valence-corrected chi connectivity index (χ4v) is 2.24. The quantitative estimate of drug-likeness (QED) is 0.656. The van der Waals surface area contributed by atoms with Gasteiger partial charge in [-0.1, -0.05) is 33.6 Å². The molecule has 19 heavy (non-hydrogen) atoms. The molecule has 2 N–H and O–H groups in total. The van der Waals surface area contributed by atoms with E-state index in [0.717, 1.165) is 10.2 Å². The molecular weight excluding hydrogens is 330 g/mol. The summed E-state index contributed by atoms with van der Waals surface area (Å²) in [5.74, 6) is 1.37. The molecule has 3 nitrogen and oxygen atoms in total. The summed E-state index contributed by atoms with van der Waals surface area (Å²) in [4.78, 5) is 0. The molecule has 2 aromatic rings. The summed E-state index contributed by atoms with van der Waals surface area (Å²) >= 11 is 9.37. The van der Waals surface area contributed by atoms with Crippen LogP contribution >= 0.6 is 27.5 Å². The molecular formula is C14H13BrClNO2. The molecule has 5 heteroatoms. The first kappa shape index (κ1) is 14.0. The van der Waals surface area contributed by atoms with Gasteiger partial charge in [0.05, 0.1) is 5.02 Å². The minimum atomic E-state index is 0.413. The maximum atomic E-state index is 6.03. The van der Waals surface area contributed by atoms with Crippen LogP contribution in [0.2, 0.25) is 5.02 Å². The zero-order valence-electron chi connectivity index (χ0n) is 10.1. The first-order chi connectivity index (χ1) is 9.15. The Bertz CT molecular complexity index is 563. The Kier molecular flexibility index (Phi) is 4.93. The van der Waals surface area contributed by atoms with Gasteiger partial charge in [0, 0.05) is 16.2 Å². The Hall–Kier alpha value is -1.39. The van der Waals surface area contributed by atoms with Crippen molar-refractivity contribution in [3.8, 4) is 11.5 Å². The van der Waals surface area contributed by atoms with Crippen LogP contribution in [0.4, 0.5) is 5.69 Å². The Labute approximate surface area is 125 Å². The summed E-state index contributed by atoms with van der Waals surface area (Å²) < 4.78 is 12.0. The molecule has 0 bridgehead atoms. The van der Waals surface area contributed by atoms with Crippen molar-refractivity contribution in [1.29, 1.82) is 0 Å². The number of benzene rings is 2. The normalized spacial score (nSPS) is 10.2. The second-order valence-corrected chi connectivity index (χ2v) is 5.17. The summed E-state index contributed by atoms with van der Waals surface area (Å²) in [6.45, 7) is 0.839. The zero-order chi connectivity index (χ0) is 13.7. The molecule has 100 valence electrons. The molecule has 2 rings (SSSR count). The summed E-state index contributed by atoms with van der Waals surface area (Å²) in [6, 6.07) is 12.8. The summed E-state index contributed by atoms with van der Waals surface area (Å²) in [7, 11) is 0. The van der Waals surface area contributed by atoms with Crippen molar-refractivity contribution in [2.75, 3.05) is 18.9 Å². The van der Waals surface area contributed by atoms with Crippen LogP contribution < -0.4 is 15.2 Å². The molecule has 0 atom stereocenters. The van der Waals surface area contributed by atoms with E-state index in [0.29, 0.717) is 29.7 Å². The van der Waals surface area contributed by atoms with Gasteiger partial charge in [-0.25, -0.2) is 0 Å². The highest BCUT2D eigenvalue weighted by atomic mass is 79.9. The number of hydrogen-bond acceptors (Lipinski definition) is 3. The third-order valence-electron chi connectivity index (χ3n) is 2.36. The van der Waals surface area contributed by atoms with Gasteiger partial charge in [0.1, 0.15) is 24.7 Å². The van der Waals surface area contributed by atoms with Gasteiger partial charge in [0.25, 0.3) is 0 Å². The predicted octanol–water partition coefficient (Wildman–Crippen LogP) is 4.14. The lowest BCUT2D eigenvalue weighted by molar-refractivity contribution is 0.217. The van der Waals surface area contributed by atoms with E-state index >= 15 is 0 Å². The molecule has 0 aliphatic heterocycles. The molecule has 0 saturated heterocycles. The minimum absolute atomic E-state index is 0.413. The smallest absolute Gasteiger partial charge is 0.138 e. The van der Waals surface area contributed by atoms with Crippen molar-refractivity contribution in [3.63, 3.8) is 0 Å². The Balaban J connectivity index is 1.81. The molecule has 0 spiro atoms. The second kappa shape index (κ2) is 6.68. The monoisotopic (exact) mass is 341 g/mol. The van der Waals surface area contributed by atoms with E-state index in [-0.39, 0.29) is 0 Å². The van der Waals surface area contributed by atoms with Gasteiger partial charge in [-0.2, -0.15) is 0 Å². The zero-order valence-corrected chi connectivity index (χ0v) is 12.4. The molecule has 0 unspecified atom stereocenters. The van der Waals surface area contributed by atoms with Crippen LogP contribution in [0.25, 0.3) is 0 Å². The van der Waals surface area contributed by atoms with Crippen LogP contribution in [0.1, 0.15) is 0 Å². The van der Waals surface area contributed by atoms with Gasteiger partial charge >= 0.3 is 0 Å². The first-order valence-corrected chi connectivity index (χ1v) is 6.88. The molecule has 2 aromatic carbocycles. The van der Waals surface area contributed by atoms with Crippen LogP contribution in [0.15, 0.2) is 46.9 Å². The largest absolute Gasteiger partial charge is 0.490 e. The number of halogens is 2. The molecule has 0 saturated carbocycles. The van der Waals surface area contributed by atoms with Crippen LogP contribution in [0, 0.1) is 0 Å². The lowest BCUT2D eigenvalue weighted by Gasteiger charge is -2.10. The fraction of sp³-hybridized carbons (Fsp3) is 0.143. The molecule has 0 aliphatic carbocycles. The number of nitrogens with two attached hydrogens (primary N) is 1. The number of nitrogen functional groups attached to an aromatic ring is 1. The van der Waals surface area contributed by atoms with Crippen molar-refractivity contribution >= 4 is 33.2 Å². The molecule has 0 aromatic heterocycles. The lowest BCUT2D eigenvalue weighted by Crippen LogP contribution is -2.09. The molecule has 0 fully saturated rings. The summed E-state index contributed by atoms with van der Waals surface area (Å²) in [6.07, 6.45) is 0. The topological polar surface area (TPSA) is 44.5 Å². The average molecular weight is 343 g/mol. The third-order valence-corrected chi connectivity index (χ3v) is 3.15. The van der Waals surface area contributed by atoms with Gasteiger partial charge in [-0.3, -0.25) is 0 Å². The predicted molar refractivity (Wildman–Crippen MR) is 81.0 cm³/mol. The highest BCUT2D eigenvalue weighted by Gasteiger charge is 2.02. The number of ether oxygens (including phenoxy) is 2. The summed E-state index contributed by atoms with van der Waals surface area (Å²) in [5.41, 5.74) is 6.33. The van der Waals surface area contributed by atoms with E-state index in [4.69, 9.17) is 26.8 Å². The van der Waals surface area contributed by atoms with Gasteiger partial charge in [-0.15, -0.1) is 0 Å². The van der Waals surface area contributed by atoms with Crippen LogP contribution in [-0.2, 0) is 0 Å². The van der Waals surface area contributed by atoms with Crippen LogP contribution in [-0.4, -0.2) is 13.2 Å². The van der Waals surface area contributed by atoms with Crippen molar-refractivity contribution in [2.24, 2.45) is 0 Å². The first-order valence-electron chi connectivity index (χ1n) is 5.71. The Morgan fingerprint density at radius 2 is 1.84 bits per heavy atom. The van der Waals surface area contributed by atoms with E-state index in [1.807, 2.05) is 30.3 Å². The van der Waals surface area contributed by atoms with Crippen LogP contribution in [0.5, 0.6) is 11.5 Å². The van der Waals surface area contributed by atoms with E-state index in [9.17, 15) is 0 Å². The molecule has 0 amide bonds. The second-order valence-electron chi connectivity index (χ2n) is 3.84. The SMILES string of the molecule is Nc1cccc(OCCOc2ccc(Br)cc2Cl)c1. The highest BCUT2D eigenvalue weighted by molar-refractivity contribution is 9.10. The standard InChI is InChI=1S/C14H13BrClNO2/c15-10-4-5-14(13(16)8-10)19-7-6-18-12-3-1-2-11(17)9-12/h1-5,8-9H,6-7,17H2. The van der Waals surface area contributed by atoms with E-state index in [1.165, 1.54) is 0 Å². The number of hydrogen-bond donors (Lipinski definition) is 1. The Morgan fingerprint density at radius 3 is 2.58 bits per heavy atom. The highest BCUT2D eigenvalue weighted by Crippen LogP contribution is 2.27. The number of anilines is 1. The van der Waals surface area contributed by atoms with Gasteiger partial charge in [0.15, 0.2) is 0 Å². The van der Waals surface area contributed by atoms with E-state index in [1.54, 1.807) is 12.1 Å². The summed E-state index contributed by atoms with van der Waals surface area (Å²) in [5, 5.41) is 0.568. The van der Waals surface area contributed by atoms with Gasteiger partial charge < -0.3 is 15.2 Å². The Morgan fingerprint density at radius 1 is 1.05 bits per heavy atom. The van der Waals surface area contributed by atoms with Crippen molar-refractivity contribution in [2.45, 2.75) is 0 Å². The average Bonchev–Trinajstić information content (AvgIpc) is 2.37. The van der Waals surface area contributed by atoms with Crippen molar-refractivity contribution in [3.05, 3.63) is 52.0 Å². The molecule has 0 aliphatic rings. The van der Waals surface area contributed by atoms with Gasteiger partial charge in [-0.05, 0) is 30.3 Å². The molecule has 0 heterocycles. The van der Waals surface area contributed by atoms with Crippen LogP contribution in [0.3, 0.4) is 0 Å². The third kappa shape index (κ3) is 4.33. The van der Waals surface area contributed by atoms with E-state index in [2.05, 4.69) is 15.9 Å². The molecule has 0 radical (unpaired) electrons. The maximum absolute atomic E-state index is 6.03. The van der Waals surface area contributed by atoms with Gasteiger partial charge in [0.2, 0.25) is 0 Å². The maximum Gasteiger partial charge on any atom is 0.138 e. The van der Waals surface area contributed by atoms with Crippen molar-refractivity contribution < 1.29 is 9.47 Å². The van der Waals surface area contributed by atoms with Crippen molar-refractivity contribution in [1.82, 2.24) is 0 Å². The number of rotatable bonds is 5. The fourth-order valence-electron chi connectivity index (χ4n) is 1.51. The lowest BCUT2D eigenvalue weighted by atomic mass is 10.3. The van der Waals surface area contributed by atoms with E-state index < -0.39 is 0 Å².